The molecule has 0 aliphatic rings. The number of rotatable bonds is 5. The van der Waals surface area contributed by atoms with Gasteiger partial charge in [-0.3, -0.25) is 4.79 Å². The number of aromatic nitrogens is 3. The number of benzene rings is 1. The van der Waals surface area contributed by atoms with E-state index in [9.17, 15) is 14.7 Å². The van der Waals surface area contributed by atoms with Gasteiger partial charge in [0.2, 0.25) is 0 Å². The van der Waals surface area contributed by atoms with Crippen LogP contribution in [0.3, 0.4) is 0 Å². The van der Waals surface area contributed by atoms with E-state index < -0.39 is 11.7 Å². The first kappa shape index (κ1) is 16.7. The average molecular weight is 338 g/mol. The maximum atomic E-state index is 12.4. The lowest BCUT2D eigenvalue weighted by Crippen LogP contribution is -2.30. The lowest BCUT2D eigenvalue weighted by atomic mass is 10.1. The molecule has 3 rings (SSSR count). The summed E-state index contributed by atoms with van der Waals surface area (Å²) in [7, 11) is 0. The summed E-state index contributed by atoms with van der Waals surface area (Å²) in [5.74, 6) is -0.344. The summed E-state index contributed by atoms with van der Waals surface area (Å²) in [6, 6.07) is 10.4. The summed E-state index contributed by atoms with van der Waals surface area (Å²) in [6.45, 7) is 1.61. The quantitative estimate of drug-likeness (QED) is 0.565. The van der Waals surface area contributed by atoms with Gasteiger partial charge in [-0.25, -0.2) is 9.78 Å². The molecule has 0 aliphatic heterocycles. The van der Waals surface area contributed by atoms with Gasteiger partial charge in [-0.1, -0.05) is 30.3 Å². The van der Waals surface area contributed by atoms with Crippen LogP contribution in [0, 0.1) is 6.92 Å². The number of aromatic amines is 2. The third-order valence-electron chi connectivity index (χ3n) is 3.91. The van der Waals surface area contributed by atoms with Gasteiger partial charge in [0.15, 0.2) is 0 Å². The van der Waals surface area contributed by atoms with E-state index in [1.807, 2.05) is 37.3 Å². The number of aryl methyl sites for hydroxylation is 1. The molecular formula is C18H18N4O3. The molecule has 3 aromatic rings. The Morgan fingerprint density at radius 2 is 2.08 bits per heavy atom. The molecule has 0 fully saturated rings. The first-order chi connectivity index (χ1) is 12.1. The van der Waals surface area contributed by atoms with Gasteiger partial charge in [0, 0.05) is 18.0 Å². The van der Waals surface area contributed by atoms with Crippen molar-refractivity contribution in [2.75, 3.05) is 6.61 Å². The number of aliphatic hydroxyl groups is 1. The second kappa shape index (κ2) is 7.14. The van der Waals surface area contributed by atoms with Crippen LogP contribution >= 0.6 is 0 Å². The predicted octanol–water partition coefficient (Wildman–Crippen LogP) is 1.54. The Bertz CT molecular complexity index is 931. The first-order valence-corrected chi connectivity index (χ1v) is 7.80. The van der Waals surface area contributed by atoms with Crippen molar-refractivity contribution in [3.63, 3.8) is 0 Å². The van der Waals surface area contributed by atoms with Gasteiger partial charge in [0.25, 0.3) is 5.91 Å². The van der Waals surface area contributed by atoms with Gasteiger partial charge >= 0.3 is 5.69 Å². The van der Waals surface area contributed by atoms with Gasteiger partial charge in [-0.05, 0) is 24.1 Å². The molecule has 1 aromatic carbocycles. The second-order valence-electron chi connectivity index (χ2n) is 5.67. The highest BCUT2D eigenvalue weighted by molar-refractivity contribution is 5.94. The molecule has 0 unspecified atom stereocenters. The molecule has 1 atom stereocenters. The second-order valence-corrected chi connectivity index (χ2v) is 5.67. The number of carbonyl (C=O) groups is 1. The van der Waals surface area contributed by atoms with Crippen molar-refractivity contribution in [2.24, 2.45) is 0 Å². The molecule has 0 radical (unpaired) electrons. The van der Waals surface area contributed by atoms with Gasteiger partial charge in [-0.15, -0.1) is 0 Å². The van der Waals surface area contributed by atoms with E-state index in [-0.39, 0.29) is 12.5 Å². The predicted molar refractivity (Wildman–Crippen MR) is 93.1 cm³/mol. The Balaban J connectivity index is 1.81. The minimum absolute atomic E-state index is 0.208. The van der Waals surface area contributed by atoms with E-state index in [1.54, 1.807) is 12.3 Å². The van der Waals surface area contributed by atoms with Crippen molar-refractivity contribution in [3.8, 4) is 11.3 Å². The minimum Gasteiger partial charge on any atom is -0.394 e. The SMILES string of the molecule is Cc1cnc(=O)[nH]c1-c1c[nH]c(C(=O)N[C@@H](CO)c2ccccc2)c1. The number of amides is 1. The van der Waals surface area contributed by atoms with Crippen molar-refractivity contribution in [2.45, 2.75) is 13.0 Å². The molecule has 1 amide bonds. The van der Waals surface area contributed by atoms with Gasteiger partial charge < -0.3 is 20.4 Å². The zero-order valence-electron chi connectivity index (χ0n) is 13.6. The summed E-state index contributed by atoms with van der Waals surface area (Å²) in [5, 5.41) is 12.3. The zero-order valence-corrected chi connectivity index (χ0v) is 13.6. The molecule has 128 valence electrons. The first-order valence-electron chi connectivity index (χ1n) is 7.80. The molecule has 0 bridgehead atoms. The van der Waals surface area contributed by atoms with Crippen molar-refractivity contribution in [3.05, 3.63) is 76.1 Å². The van der Waals surface area contributed by atoms with Gasteiger partial charge in [-0.2, -0.15) is 0 Å². The Kier molecular flexibility index (Phi) is 4.76. The molecule has 7 heteroatoms. The molecule has 0 spiro atoms. The molecule has 7 nitrogen and oxygen atoms in total. The van der Waals surface area contributed by atoms with E-state index in [4.69, 9.17) is 0 Å². The number of nitrogens with zero attached hydrogens (tertiary/aromatic N) is 1. The van der Waals surface area contributed by atoms with E-state index >= 15 is 0 Å². The van der Waals surface area contributed by atoms with E-state index in [1.165, 1.54) is 6.20 Å². The number of nitrogens with one attached hydrogen (secondary N) is 3. The zero-order chi connectivity index (χ0) is 17.8. The number of aliphatic hydroxyl groups excluding tert-OH is 1. The standard InChI is InChI=1S/C18H18N4O3/c1-11-8-20-18(25)22-16(11)13-7-14(19-9-13)17(24)21-15(10-23)12-5-3-2-4-6-12/h2-9,15,19,23H,10H2,1H3,(H,21,24)(H,20,22,25)/t15-/m0/s1. The fraction of sp³-hybridized carbons (Fsp3) is 0.167. The summed E-state index contributed by atoms with van der Waals surface area (Å²) in [6.07, 6.45) is 3.13. The molecule has 0 saturated carbocycles. The van der Waals surface area contributed by atoms with Crippen LogP contribution in [-0.4, -0.2) is 32.6 Å². The summed E-state index contributed by atoms with van der Waals surface area (Å²) < 4.78 is 0. The van der Waals surface area contributed by atoms with Crippen LogP contribution in [0.25, 0.3) is 11.3 Å². The average Bonchev–Trinajstić information content (AvgIpc) is 3.12. The van der Waals surface area contributed by atoms with Crippen molar-refractivity contribution < 1.29 is 9.90 Å². The molecule has 2 aromatic heterocycles. The maximum absolute atomic E-state index is 12.4. The smallest absolute Gasteiger partial charge is 0.345 e. The van der Waals surface area contributed by atoms with Crippen LogP contribution in [-0.2, 0) is 0 Å². The Hall–Kier alpha value is -3.19. The third-order valence-corrected chi connectivity index (χ3v) is 3.91. The van der Waals surface area contributed by atoms with Crippen LogP contribution in [0.15, 0.2) is 53.6 Å². The highest BCUT2D eigenvalue weighted by Gasteiger charge is 2.17. The van der Waals surface area contributed by atoms with E-state index in [2.05, 4.69) is 20.3 Å². The summed E-state index contributed by atoms with van der Waals surface area (Å²) >= 11 is 0. The van der Waals surface area contributed by atoms with Crippen molar-refractivity contribution in [1.29, 1.82) is 0 Å². The Morgan fingerprint density at radius 1 is 1.32 bits per heavy atom. The third kappa shape index (κ3) is 3.67. The molecule has 0 aliphatic carbocycles. The highest BCUT2D eigenvalue weighted by atomic mass is 16.3. The number of hydrogen-bond donors (Lipinski definition) is 4. The lowest BCUT2D eigenvalue weighted by Gasteiger charge is -2.16. The number of carbonyl (C=O) groups excluding carboxylic acids is 1. The minimum atomic E-state index is -0.497. The van der Waals surface area contributed by atoms with Crippen LogP contribution < -0.4 is 11.0 Å². The maximum Gasteiger partial charge on any atom is 0.345 e. The summed E-state index contributed by atoms with van der Waals surface area (Å²) in [5.41, 5.74) is 2.79. The highest BCUT2D eigenvalue weighted by Crippen LogP contribution is 2.20. The molecule has 0 saturated heterocycles. The van der Waals surface area contributed by atoms with Crippen LogP contribution in [0.4, 0.5) is 0 Å². The topological polar surface area (TPSA) is 111 Å². The van der Waals surface area contributed by atoms with Crippen LogP contribution in [0.1, 0.15) is 27.7 Å². The number of H-pyrrole nitrogens is 2. The fourth-order valence-electron chi connectivity index (χ4n) is 2.58. The molecule has 25 heavy (non-hydrogen) atoms. The van der Waals surface area contributed by atoms with Gasteiger partial charge in [0.05, 0.1) is 18.3 Å². The Labute approximate surface area is 143 Å². The van der Waals surface area contributed by atoms with E-state index in [0.29, 0.717) is 17.0 Å². The van der Waals surface area contributed by atoms with E-state index in [0.717, 1.165) is 11.1 Å². The monoisotopic (exact) mass is 338 g/mol. The largest absolute Gasteiger partial charge is 0.394 e. The van der Waals surface area contributed by atoms with Crippen LogP contribution in [0.5, 0.6) is 0 Å². The Morgan fingerprint density at radius 3 is 2.80 bits per heavy atom. The molecular weight excluding hydrogens is 320 g/mol. The van der Waals surface area contributed by atoms with Crippen molar-refractivity contribution >= 4 is 5.91 Å². The van der Waals surface area contributed by atoms with Crippen LogP contribution in [0.2, 0.25) is 0 Å². The fourth-order valence-corrected chi connectivity index (χ4v) is 2.58. The normalized spacial score (nSPS) is 11.9. The molecule has 2 heterocycles. The van der Waals surface area contributed by atoms with Crippen molar-refractivity contribution in [1.82, 2.24) is 20.3 Å². The van der Waals surface area contributed by atoms with Gasteiger partial charge in [0.1, 0.15) is 5.69 Å². The lowest BCUT2D eigenvalue weighted by molar-refractivity contribution is 0.0912. The summed E-state index contributed by atoms with van der Waals surface area (Å²) in [4.78, 5) is 33.1. The molecule has 4 N–H and O–H groups in total. The number of hydrogen-bond acceptors (Lipinski definition) is 4.